The van der Waals surface area contributed by atoms with Gasteiger partial charge in [-0.1, -0.05) is 18.2 Å². The van der Waals surface area contributed by atoms with E-state index < -0.39 is 0 Å². The molecule has 18 heavy (non-hydrogen) atoms. The van der Waals surface area contributed by atoms with Crippen LogP contribution in [0.3, 0.4) is 0 Å². The van der Waals surface area contributed by atoms with E-state index in [2.05, 4.69) is 4.74 Å². The number of hydrogen-bond acceptors (Lipinski definition) is 6. The van der Waals surface area contributed by atoms with Gasteiger partial charge in [0.15, 0.2) is 5.75 Å². The van der Waals surface area contributed by atoms with Gasteiger partial charge in [-0.2, -0.15) is 0 Å². The van der Waals surface area contributed by atoms with Crippen LogP contribution in [0.25, 0.3) is 0 Å². The van der Waals surface area contributed by atoms with Crippen LogP contribution in [0.15, 0.2) is 30.3 Å². The molecular formula is C12H12O5S. The van der Waals surface area contributed by atoms with Gasteiger partial charge in [0.25, 0.3) is 0 Å². The lowest BCUT2D eigenvalue weighted by Gasteiger charge is -2.23. The molecule has 1 aliphatic heterocycles. The van der Waals surface area contributed by atoms with Crippen molar-refractivity contribution in [3.05, 3.63) is 30.3 Å². The lowest BCUT2D eigenvalue weighted by molar-refractivity contribution is -0.169. The summed E-state index contributed by atoms with van der Waals surface area (Å²) in [5.74, 6) is 0.0950. The minimum atomic E-state index is -0.296. The maximum atomic E-state index is 11.4. The maximum absolute atomic E-state index is 11.4. The standard InChI is InChI=1S/C12H12O5S/c13-10(6-9-7-15-12(9)14)8-18-17-16-11-4-2-1-3-5-11/h1-5,9H,6-8H2. The first-order valence-electron chi connectivity index (χ1n) is 5.45. The number of hydrogen-bond donors (Lipinski definition) is 0. The van der Waals surface area contributed by atoms with Gasteiger partial charge in [0.1, 0.15) is 12.4 Å². The van der Waals surface area contributed by atoms with Gasteiger partial charge in [-0.15, -0.1) is 4.33 Å². The molecule has 0 radical (unpaired) electrons. The van der Waals surface area contributed by atoms with Crippen LogP contribution in [-0.2, 0) is 18.7 Å². The van der Waals surface area contributed by atoms with Crippen molar-refractivity contribution >= 4 is 23.8 Å². The first-order chi connectivity index (χ1) is 8.75. The molecular weight excluding hydrogens is 256 g/mol. The third-order valence-electron chi connectivity index (χ3n) is 2.38. The quantitative estimate of drug-likeness (QED) is 0.247. The number of rotatable bonds is 7. The Bertz CT molecular complexity index is 420. The minimum Gasteiger partial charge on any atom is -0.464 e. The van der Waals surface area contributed by atoms with E-state index in [1.165, 1.54) is 0 Å². The van der Waals surface area contributed by atoms with Gasteiger partial charge in [0.2, 0.25) is 0 Å². The fourth-order valence-corrected chi connectivity index (χ4v) is 1.80. The predicted octanol–water partition coefficient (Wildman–Crippen LogP) is 1.78. The zero-order chi connectivity index (χ0) is 12.8. The number of ether oxygens (including phenoxy) is 1. The summed E-state index contributed by atoms with van der Waals surface area (Å²) in [6, 6.07) is 8.98. The van der Waals surface area contributed by atoms with Crippen LogP contribution in [0.1, 0.15) is 6.42 Å². The van der Waals surface area contributed by atoms with Crippen molar-refractivity contribution in [2.24, 2.45) is 5.92 Å². The molecule has 6 heteroatoms. The molecule has 1 aromatic carbocycles. The van der Waals surface area contributed by atoms with E-state index in [-0.39, 0.29) is 29.8 Å². The zero-order valence-corrected chi connectivity index (χ0v) is 10.4. The molecule has 2 rings (SSSR count). The highest BCUT2D eigenvalue weighted by Crippen LogP contribution is 2.18. The molecule has 0 aliphatic carbocycles. The van der Waals surface area contributed by atoms with Crippen molar-refractivity contribution in [2.75, 3.05) is 12.4 Å². The SMILES string of the molecule is O=C(CSOOc1ccccc1)CC1COC1=O. The Morgan fingerprint density at radius 3 is 2.78 bits per heavy atom. The predicted molar refractivity (Wildman–Crippen MR) is 64.7 cm³/mol. The average molecular weight is 268 g/mol. The summed E-state index contributed by atoms with van der Waals surface area (Å²) >= 11 is 0.910. The number of esters is 1. The molecule has 0 aromatic heterocycles. The van der Waals surface area contributed by atoms with Crippen LogP contribution in [0.5, 0.6) is 5.75 Å². The first kappa shape index (κ1) is 12.9. The number of carbonyl (C=O) groups is 2. The van der Waals surface area contributed by atoms with Crippen LogP contribution < -0.4 is 4.89 Å². The van der Waals surface area contributed by atoms with Gasteiger partial charge < -0.3 is 9.62 Å². The van der Waals surface area contributed by atoms with E-state index in [0.717, 1.165) is 12.0 Å². The third-order valence-corrected chi connectivity index (χ3v) is 2.98. The van der Waals surface area contributed by atoms with Crippen LogP contribution in [0.4, 0.5) is 0 Å². The molecule has 0 bridgehead atoms. The summed E-state index contributed by atoms with van der Waals surface area (Å²) in [4.78, 5) is 27.2. The Hall–Kier alpha value is -1.53. The van der Waals surface area contributed by atoms with Crippen molar-refractivity contribution in [3.63, 3.8) is 0 Å². The fourth-order valence-electron chi connectivity index (χ4n) is 1.37. The summed E-state index contributed by atoms with van der Waals surface area (Å²) in [6.45, 7) is 0.344. The van der Waals surface area contributed by atoms with E-state index in [0.29, 0.717) is 12.4 Å². The lowest BCUT2D eigenvalue weighted by Crippen LogP contribution is -2.36. The molecule has 1 aliphatic rings. The molecule has 0 spiro atoms. The van der Waals surface area contributed by atoms with Crippen LogP contribution in [0, 0.1) is 5.92 Å². The summed E-state index contributed by atoms with van der Waals surface area (Å²) in [7, 11) is 0. The summed E-state index contributed by atoms with van der Waals surface area (Å²) in [5.41, 5.74) is 0. The molecule has 1 unspecified atom stereocenters. The molecule has 5 nitrogen and oxygen atoms in total. The van der Waals surface area contributed by atoms with E-state index in [1.54, 1.807) is 12.1 Å². The Morgan fingerprint density at radius 2 is 2.17 bits per heavy atom. The number of benzene rings is 1. The molecule has 1 heterocycles. The number of Topliss-reactive ketones (excluding diaryl/α,β-unsaturated/α-hetero) is 1. The second-order valence-corrected chi connectivity index (χ2v) is 4.46. The van der Waals surface area contributed by atoms with Gasteiger partial charge in [-0.25, -0.2) is 0 Å². The van der Waals surface area contributed by atoms with Crippen LogP contribution in [0.2, 0.25) is 0 Å². The number of ketones is 1. The molecule has 1 fully saturated rings. The molecule has 1 aromatic rings. The summed E-state index contributed by atoms with van der Waals surface area (Å²) in [6.07, 6.45) is 0.209. The van der Waals surface area contributed by atoms with Gasteiger partial charge in [0, 0.05) is 6.42 Å². The summed E-state index contributed by atoms with van der Waals surface area (Å²) < 4.78 is 9.40. The van der Waals surface area contributed by atoms with E-state index in [9.17, 15) is 9.59 Å². The van der Waals surface area contributed by atoms with Crippen molar-refractivity contribution in [1.82, 2.24) is 0 Å². The van der Waals surface area contributed by atoms with Gasteiger partial charge >= 0.3 is 5.97 Å². The van der Waals surface area contributed by atoms with E-state index >= 15 is 0 Å². The largest absolute Gasteiger partial charge is 0.464 e. The van der Waals surface area contributed by atoms with Crippen molar-refractivity contribution < 1.29 is 23.5 Å². The average Bonchev–Trinajstić information content (AvgIpc) is 2.40. The third kappa shape index (κ3) is 3.75. The van der Waals surface area contributed by atoms with Crippen LogP contribution >= 0.6 is 12.0 Å². The zero-order valence-electron chi connectivity index (χ0n) is 9.53. The normalized spacial score (nSPS) is 17.8. The summed E-state index contributed by atoms with van der Waals surface area (Å²) in [5, 5.41) is 0. The first-order valence-corrected chi connectivity index (χ1v) is 6.36. The highest BCUT2D eigenvalue weighted by Gasteiger charge is 2.32. The molecule has 0 amide bonds. The van der Waals surface area contributed by atoms with Crippen molar-refractivity contribution in [2.45, 2.75) is 6.42 Å². The Morgan fingerprint density at radius 1 is 1.39 bits per heavy atom. The van der Waals surface area contributed by atoms with Gasteiger partial charge in [0.05, 0.1) is 23.7 Å². The fraction of sp³-hybridized carbons (Fsp3) is 0.333. The van der Waals surface area contributed by atoms with Gasteiger partial charge in [-0.3, -0.25) is 9.59 Å². The topological polar surface area (TPSA) is 61.8 Å². The minimum absolute atomic E-state index is 0.0571. The number of cyclic esters (lactones) is 1. The number of carbonyl (C=O) groups excluding carboxylic acids is 2. The van der Waals surface area contributed by atoms with E-state index in [1.807, 2.05) is 18.2 Å². The Labute approximate surface area is 109 Å². The highest BCUT2D eigenvalue weighted by atomic mass is 32.2. The smallest absolute Gasteiger partial charge is 0.312 e. The second kappa shape index (κ2) is 6.42. The van der Waals surface area contributed by atoms with Crippen molar-refractivity contribution in [1.29, 1.82) is 0 Å². The molecule has 96 valence electrons. The number of para-hydroxylation sites is 1. The maximum Gasteiger partial charge on any atom is 0.312 e. The Balaban J connectivity index is 1.58. The van der Waals surface area contributed by atoms with Crippen LogP contribution in [-0.4, -0.2) is 24.1 Å². The molecule has 0 saturated carbocycles. The lowest BCUT2D eigenvalue weighted by atomic mass is 10.0. The highest BCUT2D eigenvalue weighted by molar-refractivity contribution is 7.95. The van der Waals surface area contributed by atoms with Gasteiger partial charge in [-0.05, 0) is 12.1 Å². The van der Waals surface area contributed by atoms with E-state index in [4.69, 9.17) is 9.22 Å². The second-order valence-electron chi connectivity index (χ2n) is 3.80. The van der Waals surface area contributed by atoms with Crippen molar-refractivity contribution in [3.8, 4) is 5.75 Å². The Kier molecular flexibility index (Phi) is 4.60. The molecule has 1 atom stereocenters. The molecule has 1 saturated heterocycles. The molecule has 0 N–H and O–H groups in total. The monoisotopic (exact) mass is 268 g/mol.